The van der Waals surface area contributed by atoms with Gasteiger partial charge in [-0.2, -0.15) is 0 Å². The highest BCUT2D eigenvalue weighted by atomic mass is 16.5. The Morgan fingerprint density at radius 1 is 1.12 bits per heavy atom. The van der Waals surface area contributed by atoms with E-state index in [2.05, 4.69) is 20.8 Å². The molecule has 0 aliphatic rings. The Morgan fingerprint density at radius 3 is 2.29 bits per heavy atom. The lowest BCUT2D eigenvalue weighted by molar-refractivity contribution is 0.305. The fourth-order valence-corrected chi connectivity index (χ4v) is 2.11. The van der Waals surface area contributed by atoms with E-state index in [1.54, 1.807) is 0 Å². The van der Waals surface area contributed by atoms with Crippen molar-refractivity contribution in [3.05, 3.63) is 22.8 Å². The molecule has 0 atom stereocenters. The van der Waals surface area contributed by atoms with Gasteiger partial charge in [0.05, 0.1) is 6.61 Å². The molecule has 0 bridgehead atoms. The fraction of sp³-hybridized carbons (Fsp3) is 0.600. The number of rotatable bonds is 6. The molecule has 1 rings (SSSR count). The molecule has 1 N–H and O–H groups in total. The highest BCUT2D eigenvalue weighted by Crippen LogP contribution is 2.34. The first-order valence-corrected chi connectivity index (χ1v) is 6.62. The molecule has 2 heteroatoms. The van der Waals surface area contributed by atoms with Gasteiger partial charge in [-0.15, -0.1) is 0 Å². The summed E-state index contributed by atoms with van der Waals surface area (Å²) in [6.07, 6.45) is 3.96. The van der Waals surface area contributed by atoms with E-state index < -0.39 is 0 Å². The molecule has 0 fully saturated rings. The maximum atomic E-state index is 10.0. The average Bonchev–Trinajstić information content (AvgIpc) is 2.33. The summed E-state index contributed by atoms with van der Waals surface area (Å²) in [5.41, 5.74) is 3.11. The Labute approximate surface area is 105 Å². The van der Waals surface area contributed by atoms with Gasteiger partial charge in [0.1, 0.15) is 11.5 Å². The van der Waals surface area contributed by atoms with Crippen LogP contribution in [0.4, 0.5) is 0 Å². The van der Waals surface area contributed by atoms with Gasteiger partial charge in [0.15, 0.2) is 0 Å². The summed E-state index contributed by atoms with van der Waals surface area (Å²) in [5, 5.41) is 10.0. The normalized spacial score (nSPS) is 10.6. The van der Waals surface area contributed by atoms with Crippen LogP contribution < -0.4 is 4.74 Å². The Hall–Kier alpha value is -1.18. The molecule has 0 unspecified atom stereocenters. The van der Waals surface area contributed by atoms with Crippen LogP contribution in [0.15, 0.2) is 6.07 Å². The third-order valence-corrected chi connectivity index (χ3v) is 3.13. The van der Waals surface area contributed by atoms with Gasteiger partial charge in [0.25, 0.3) is 0 Å². The number of phenols is 1. The summed E-state index contributed by atoms with van der Waals surface area (Å²) in [6, 6.07) is 1.96. The predicted molar refractivity (Wildman–Crippen MR) is 72.0 cm³/mol. The van der Waals surface area contributed by atoms with Crippen LogP contribution in [-0.4, -0.2) is 11.7 Å². The molecule has 96 valence electrons. The zero-order valence-electron chi connectivity index (χ0n) is 11.5. The number of aromatic hydroxyl groups is 1. The Kier molecular flexibility index (Phi) is 5.33. The number of aryl methyl sites for hydroxylation is 1. The van der Waals surface area contributed by atoms with Gasteiger partial charge in [-0.3, -0.25) is 0 Å². The quantitative estimate of drug-likeness (QED) is 0.756. The molecule has 17 heavy (non-hydrogen) atoms. The van der Waals surface area contributed by atoms with Gasteiger partial charge in [-0.25, -0.2) is 0 Å². The van der Waals surface area contributed by atoms with Crippen LogP contribution in [0.3, 0.4) is 0 Å². The molecule has 0 aliphatic carbocycles. The highest BCUT2D eigenvalue weighted by molar-refractivity contribution is 5.52. The third-order valence-electron chi connectivity index (χ3n) is 3.13. The van der Waals surface area contributed by atoms with Crippen LogP contribution in [0.25, 0.3) is 0 Å². The summed E-state index contributed by atoms with van der Waals surface area (Å²) >= 11 is 0. The van der Waals surface area contributed by atoms with Crippen molar-refractivity contribution in [2.24, 2.45) is 0 Å². The van der Waals surface area contributed by atoms with E-state index in [1.807, 2.05) is 13.0 Å². The molecule has 0 saturated heterocycles. The molecule has 2 nitrogen and oxygen atoms in total. The summed E-state index contributed by atoms with van der Waals surface area (Å²) < 4.78 is 5.84. The lowest BCUT2D eigenvalue weighted by Gasteiger charge is -2.17. The minimum Gasteiger partial charge on any atom is -0.507 e. The Balaban J connectivity index is 3.06. The van der Waals surface area contributed by atoms with E-state index in [0.29, 0.717) is 5.75 Å². The summed E-state index contributed by atoms with van der Waals surface area (Å²) in [5.74, 6) is 1.39. The van der Waals surface area contributed by atoms with E-state index in [9.17, 15) is 5.11 Å². The molecule has 0 radical (unpaired) electrons. The molecule has 0 amide bonds. The molecular formula is C15H24O2. The Morgan fingerprint density at radius 2 is 1.76 bits per heavy atom. The van der Waals surface area contributed by atoms with Crippen LogP contribution in [0.5, 0.6) is 11.5 Å². The number of unbranched alkanes of at least 4 members (excludes halogenated alkanes) is 1. The van der Waals surface area contributed by atoms with E-state index in [1.165, 1.54) is 0 Å². The van der Waals surface area contributed by atoms with Crippen LogP contribution >= 0.6 is 0 Å². The van der Waals surface area contributed by atoms with Gasteiger partial charge in [0, 0.05) is 11.1 Å². The number of hydrogen-bond donors (Lipinski definition) is 1. The first-order valence-electron chi connectivity index (χ1n) is 6.62. The van der Waals surface area contributed by atoms with Crippen molar-refractivity contribution in [1.82, 2.24) is 0 Å². The van der Waals surface area contributed by atoms with E-state index in [-0.39, 0.29) is 0 Å². The monoisotopic (exact) mass is 236 g/mol. The second-order valence-electron chi connectivity index (χ2n) is 4.41. The fourth-order valence-electron chi connectivity index (χ4n) is 2.11. The molecule has 0 saturated carbocycles. The smallest absolute Gasteiger partial charge is 0.123 e. The van der Waals surface area contributed by atoms with E-state index in [4.69, 9.17) is 4.74 Å². The summed E-state index contributed by atoms with van der Waals surface area (Å²) in [7, 11) is 0. The van der Waals surface area contributed by atoms with Crippen molar-refractivity contribution < 1.29 is 9.84 Å². The second-order valence-corrected chi connectivity index (χ2v) is 4.41. The number of ether oxygens (including phenoxy) is 1. The maximum absolute atomic E-state index is 10.0. The first kappa shape index (κ1) is 13.9. The average molecular weight is 236 g/mol. The second kappa shape index (κ2) is 6.53. The standard InChI is InChI=1S/C15H24O2/c1-5-8-9-17-14-10-11(4)15(16)13(7-3)12(14)6-2/h10,16H,5-9H2,1-4H3. The van der Waals surface area contributed by atoms with E-state index >= 15 is 0 Å². The first-order chi connectivity index (χ1) is 8.15. The van der Waals surface area contributed by atoms with Crippen molar-refractivity contribution in [3.8, 4) is 11.5 Å². The lowest BCUT2D eigenvalue weighted by atomic mass is 9.97. The molecule has 1 aromatic rings. The predicted octanol–water partition coefficient (Wildman–Crippen LogP) is 4.00. The third kappa shape index (κ3) is 3.15. The lowest BCUT2D eigenvalue weighted by Crippen LogP contribution is -2.03. The van der Waals surface area contributed by atoms with Crippen molar-refractivity contribution in [2.45, 2.75) is 53.4 Å². The minimum absolute atomic E-state index is 0.437. The Bertz CT molecular complexity index is 370. The highest BCUT2D eigenvalue weighted by Gasteiger charge is 2.14. The van der Waals surface area contributed by atoms with E-state index in [0.717, 1.165) is 54.7 Å². The summed E-state index contributed by atoms with van der Waals surface area (Å²) in [6.45, 7) is 9.03. The number of benzene rings is 1. The molecule has 0 aromatic heterocycles. The number of phenolic OH excluding ortho intramolecular Hbond substituents is 1. The van der Waals surface area contributed by atoms with Gasteiger partial charge in [0.2, 0.25) is 0 Å². The van der Waals surface area contributed by atoms with Crippen LogP contribution in [0, 0.1) is 6.92 Å². The zero-order chi connectivity index (χ0) is 12.8. The van der Waals surface area contributed by atoms with Gasteiger partial charge in [-0.05, 0) is 37.8 Å². The van der Waals surface area contributed by atoms with Crippen molar-refractivity contribution in [1.29, 1.82) is 0 Å². The van der Waals surface area contributed by atoms with Crippen molar-refractivity contribution in [2.75, 3.05) is 6.61 Å². The molecule has 0 heterocycles. The van der Waals surface area contributed by atoms with Gasteiger partial charge < -0.3 is 9.84 Å². The van der Waals surface area contributed by atoms with Gasteiger partial charge >= 0.3 is 0 Å². The van der Waals surface area contributed by atoms with Crippen LogP contribution in [0.1, 0.15) is 50.3 Å². The van der Waals surface area contributed by atoms with Crippen molar-refractivity contribution >= 4 is 0 Å². The molecular weight excluding hydrogens is 212 g/mol. The molecule has 0 spiro atoms. The largest absolute Gasteiger partial charge is 0.507 e. The topological polar surface area (TPSA) is 29.5 Å². The maximum Gasteiger partial charge on any atom is 0.123 e. The van der Waals surface area contributed by atoms with Gasteiger partial charge in [-0.1, -0.05) is 27.2 Å². The SMILES string of the molecule is CCCCOc1cc(C)c(O)c(CC)c1CC. The van der Waals surface area contributed by atoms with Crippen molar-refractivity contribution in [3.63, 3.8) is 0 Å². The molecule has 1 aromatic carbocycles. The van der Waals surface area contributed by atoms with Crippen LogP contribution in [-0.2, 0) is 12.8 Å². The zero-order valence-corrected chi connectivity index (χ0v) is 11.5. The summed E-state index contributed by atoms with van der Waals surface area (Å²) in [4.78, 5) is 0. The minimum atomic E-state index is 0.437. The molecule has 0 aliphatic heterocycles. The van der Waals surface area contributed by atoms with Crippen LogP contribution in [0.2, 0.25) is 0 Å². The number of hydrogen-bond acceptors (Lipinski definition) is 2.